The third-order valence-electron chi connectivity index (χ3n) is 2.38. The molecule has 5 heteroatoms. The van der Waals surface area contributed by atoms with Gasteiger partial charge in [-0.15, -0.1) is 0 Å². The lowest BCUT2D eigenvalue weighted by Crippen LogP contribution is -2.05. The first-order chi connectivity index (χ1) is 9.15. The second-order valence-corrected chi connectivity index (χ2v) is 3.94. The monoisotopic (exact) mass is 259 g/mol. The number of ketones is 1. The Kier molecular flexibility index (Phi) is 5.92. The molecule has 0 atom stereocenters. The van der Waals surface area contributed by atoms with Crippen LogP contribution in [0.1, 0.15) is 16.9 Å². The van der Waals surface area contributed by atoms with Crippen molar-refractivity contribution in [1.29, 1.82) is 0 Å². The van der Waals surface area contributed by atoms with Gasteiger partial charge in [0, 0.05) is 12.5 Å². The summed E-state index contributed by atoms with van der Waals surface area (Å²) in [4.78, 5) is 27.9. The third-order valence-corrected chi connectivity index (χ3v) is 2.38. The molecule has 0 aliphatic rings. The summed E-state index contributed by atoms with van der Waals surface area (Å²) in [5, 5.41) is 3.57. The van der Waals surface area contributed by atoms with Crippen LogP contribution >= 0.6 is 0 Å². The highest BCUT2D eigenvalue weighted by atomic mass is 16.5. The average Bonchev–Trinajstić information content (AvgIpc) is 2.86. The van der Waals surface area contributed by atoms with Gasteiger partial charge in [0.05, 0.1) is 12.6 Å². The molecule has 98 valence electrons. The number of rotatable bonds is 4. The maximum absolute atomic E-state index is 11.7. The van der Waals surface area contributed by atoms with E-state index in [1.165, 1.54) is 5.56 Å². The van der Waals surface area contributed by atoms with Crippen molar-refractivity contribution in [1.82, 2.24) is 5.16 Å². The minimum Gasteiger partial charge on any atom is -0.361 e. The van der Waals surface area contributed by atoms with Gasteiger partial charge < -0.3 is 4.52 Å². The summed E-state index contributed by atoms with van der Waals surface area (Å²) in [6.07, 6.45) is 2.56. The van der Waals surface area contributed by atoms with Gasteiger partial charge in [-0.2, -0.15) is 9.59 Å². The molecule has 1 heterocycles. The zero-order valence-electron chi connectivity index (χ0n) is 10.5. The summed E-state index contributed by atoms with van der Waals surface area (Å²) in [7, 11) is 0. The Bertz CT molecular complexity index is 537. The predicted octanol–water partition coefficient (Wildman–Crippen LogP) is 1.75. The molecular formula is C14H13NO4. The van der Waals surface area contributed by atoms with Crippen LogP contribution in [-0.2, 0) is 27.2 Å². The molecule has 0 saturated carbocycles. The van der Waals surface area contributed by atoms with Crippen molar-refractivity contribution in [2.75, 3.05) is 0 Å². The summed E-state index contributed by atoms with van der Waals surface area (Å²) in [6, 6.07) is 9.70. The number of hydrogen-bond acceptors (Lipinski definition) is 5. The number of aromatic nitrogens is 1. The first-order valence-electron chi connectivity index (χ1n) is 5.61. The molecule has 0 N–H and O–H groups in total. The third kappa shape index (κ3) is 5.57. The molecular weight excluding hydrogens is 246 g/mol. The summed E-state index contributed by atoms with van der Waals surface area (Å²) in [5.74, 6) is 0.762. The Hall–Kier alpha value is -2.52. The van der Waals surface area contributed by atoms with Gasteiger partial charge >= 0.3 is 6.15 Å². The van der Waals surface area contributed by atoms with Crippen molar-refractivity contribution in [2.24, 2.45) is 0 Å². The van der Waals surface area contributed by atoms with E-state index < -0.39 is 0 Å². The van der Waals surface area contributed by atoms with E-state index in [9.17, 15) is 4.79 Å². The maximum Gasteiger partial charge on any atom is 0.373 e. The highest BCUT2D eigenvalue weighted by Crippen LogP contribution is 2.07. The predicted molar refractivity (Wildman–Crippen MR) is 65.1 cm³/mol. The molecule has 1 aromatic heterocycles. The number of carbonyl (C=O) groups excluding carboxylic acids is 3. The van der Waals surface area contributed by atoms with Crippen LogP contribution in [0.15, 0.2) is 41.1 Å². The summed E-state index contributed by atoms with van der Waals surface area (Å²) in [5.41, 5.74) is 2.24. The van der Waals surface area contributed by atoms with Gasteiger partial charge in [0.15, 0.2) is 0 Å². The van der Waals surface area contributed by atoms with E-state index in [2.05, 4.69) is 5.16 Å². The molecule has 0 radical (unpaired) electrons. The molecule has 1 aromatic carbocycles. The molecule has 19 heavy (non-hydrogen) atoms. The van der Waals surface area contributed by atoms with Gasteiger partial charge in [-0.1, -0.05) is 35.0 Å². The minimum absolute atomic E-state index is 0.139. The Balaban J connectivity index is 0.000000550. The molecule has 2 rings (SSSR count). The molecule has 0 saturated heterocycles. The van der Waals surface area contributed by atoms with Crippen LogP contribution in [0.25, 0.3) is 0 Å². The van der Waals surface area contributed by atoms with Gasteiger partial charge in [-0.05, 0) is 12.5 Å². The molecule has 5 nitrogen and oxygen atoms in total. The van der Waals surface area contributed by atoms with E-state index >= 15 is 0 Å². The molecule has 2 aromatic rings. The number of nitrogens with zero attached hydrogens (tertiary/aromatic N) is 1. The molecule has 0 amide bonds. The molecule has 0 aliphatic heterocycles. The van der Waals surface area contributed by atoms with Crippen LogP contribution in [0.3, 0.4) is 0 Å². The summed E-state index contributed by atoms with van der Waals surface area (Å²) >= 11 is 0. The highest BCUT2D eigenvalue weighted by Gasteiger charge is 2.07. The quantitative estimate of drug-likeness (QED) is 0.836. The van der Waals surface area contributed by atoms with E-state index in [-0.39, 0.29) is 11.9 Å². The lowest BCUT2D eigenvalue weighted by molar-refractivity contribution is -0.191. The normalized spacial score (nSPS) is 9.11. The van der Waals surface area contributed by atoms with Gasteiger partial charge in [0.25, 0.3) is 0 Å². The fraction of sp³-hybridized carbons (Fsp3) is 0.214. The number of carbonyl (C=O) groups is 1. The second-order valence-electron chi connectivity index (χ2n) is 3.94. The van der Waals surface area contributed by atoms with E-state index in [0.29, 0.717) is 18.6 Å². The zero-order chi connectivity index (χ0) is 14.1. The first-order valence-corrected chi connectivity index (χ1v) is 5.61. The molecule has 0 aliphatic carbocycles. The van der Waals surface area contributed by atoms with Crippen LogP contribution in [-0.4, -0.2) is 17.1 Å². The van der Waals surface area contributed by atoms with E-state index in [1.807, 2.05) is 31.2 Å². The van der Waals surface area contributed by atoms with Crippen LogP contribution in [0.4, 0.5) is 0 Å². The summed E-state index contributed by atoms with van der Waals surface area (Å²) < 4.78 is 4.89. The van der Waals surface area contributed by atoms with Gasteiger partial charge in [0.1, 0.15) is 11.5 Å². The van der Waals surface area contributed by atoms with Crippen molar-refractivity contribution >= 4 is 11.9 Å². The highest BCUT2D eigenvalue weighted by molar-refractivity contribution is 5.82. The lowest BCUT2D eigenvalue weighted by atomic mass is 10.0. The number of Topliss-reactive ketones (excluding diaryl/α,β-unsaturated/α-hetero) is 1. The fourth-order valence-electron chi connectivity index (χ4n) is 1.52. The maximum atomic E-state index is 11.7. The fourth-order valence-corrected chi connectivity index (χ4v) is 1.52. The van der Waals surface area contributed by atoms with Crippen LogP contribution in [0.5, 0.6) is 0 Å². The van der Waals surface area contributed by atoms with Crippen molar-refractivity contribution < 1.29 is 18.9 Å². The molecule has 0 fully saturated rings. The van der Waals surface area contributed by atoms with Gasteiger partial charge in [-0.3, -0.25) is 4.79 Å². The van der Waals surface area contributed by atoms with Crippen molar-refractivity contribution in [3.05, 3.63) is 53.4 Å². The van der Waals surface area contributed by atoms with E-state index in [0.717, 1.165) is 5.56 Å². The first kappa shape index (κ1) is 14.5. The van der Waals surface area contributed by atoms with Gasteiger partial charge in [-0.25, -0.2) is 0 Å². The Morgan fingerprint density at radius 2 is 1.79 bits per heavy atom. The van der Waals surface area contributed by atoms with Crippen LogP contribution < -0.4 is 0 Å². The Morgan fingerprint density at radius 1 is 1.16 bits per heavy atom. The zero-order valence-corrected chi connectivity index (χ0v) is 10.5. The topological polar surface area (TPSA) is 77.2 Å². The molecule has 0 spiro atoms. The lowest BCUT2D eigenvalue weighted by Gasteiger charge is -2.00. The van der Waals surface area contributed by atoms with E-state index in [1.54, 1.807) is 12.3 Å². The Morgan fingerprint density at radius 3 is 2.32 bits per heavy atom. The van der Waals surface area contributed by atoms with Crippen LogP contribution in [0.2, 0.25) is 0 Å². The average molecular weight is 259 g/mol. The standard InChI is InChI=1S/C13H13NO2.CO2/c1-10-2-4-11(5-3-10)8-12(15)9-13-6-7-14-16-13;2-1-3/h2-7H,8-9H2,1H3;. The number of hydrogen-bond donors (Lipinski definition) is 0. The number of benzene rings is 1. The smallest absolute Gasteiger partial charge is 0.361 e. The van der Waals surface area contributed by atoms with Crippen molar-refractivity contribution in [3.63, 3.8) is 0 Å². The summed E-state index contributed by atoms with van der Waals surface area (Å²) in [6.45, 7) is 2.03. The van der Waals surface area contributed by atoms with Crippen molar-refractivity contribution in [2.45, 2.75) is 19.8 Å². The Labute approximate surface area is 110 Å². The number of aryl methyl sites for hydroxylation is 1. The molecule has 0 unspecified atom stereocenters. The van der Waals surface area contributed by atoms with Gasteiger partial charge in [0.2, 0.25) is 0 Å². The molecule has 0 bridgehead atoms. The minimum atomic E-state index is 0.139. The SMILES string of the molecule is Cc1ccc(CC(=O)Cc2ccno2)cc1.O=C=O. The largest absolute Gasteiger partial charge is 0.373 e. The van der Waals surface area contributed by atoms with Crippen LogP contribution in [0, 0.1) is 6.92 Å². The second kappa shape index (κ2) is 7.74. The van der Waals surface area contributed by atoms with Crippen molar-refractivity contribution in [3.8, 4) is 0 Å². The van der Waals surface area contributed by atoms with E-state index in [4.69, 9.17) is 14.1 Å².